The summed E-state index contributed by atoms with van der Waals surface area (Å²) < 4.78 is 0. The number of carbonyl (C=O) groups is 2. The molecule has 0 aromatic carbocycles. The molecule has 0 radical (unpaired) electrons. The van der Waals surface area contributed by atoms with Crippen molar-refractivity contribution < 1.29 is 19.5 Å². The second kappa shape index (κ2) is 3.33. The van der Waals surface area contributed by atoms with Gasteiger partial charge < -0.3 is 9.94 Å². The summed E-state index contributed by atoms with van der Waals surface area (Å²) in [5.74, 6) is 3.84. The number of fused-ring (bicyclic) bond motifs is 1. The van der Waals surface area contributed by atoms with Gasteiger partial charge in [0.25, 0.3) is 0 Å². The molecule has 2 fully saturated rings. The molecule has 2 aliphatic carbocycles. The van der Waals surface area contributed by atoms with E-state index in [9.17, 15) is 14.7 Å². The van der Waals surface area contributed by atoms with Crippen molar-refractivity contribution in [1.82, 2.24) is 0 Å². The highest BCUT2D eigenvalue weighted by molar-refractivity contribution is 5.83. The van der Waals surface area contributed by atoms with Crippen LogP contribution in [0.15, 0.2) is 0 Å². The Balaban J connectivity index is 2.16. The molecule has 2 rings (SSSR count). The minimum Gasteiger partial charge on any atom is -0.392 e. The molecule has 3 N–H and O–H groups in total. The molecule has 0 amide bonds. The number of aliphatic hydroxyl groups is 1. The third kappa shape index (κ3) is 1.33. The number of Topliss-reactive ketones (excluding diaryl/α,β-unsaturated/α-hetero) is 1. The average Bonchev–Trinajstić information content (AvgIpc) is 2.58. The van der Waals surface area contributed by atoms with Crippen LogP contribution in [-0.4, -0.2) is 23.0 Å². The number of aliphatic hydroxyl groups excluding tert-OH is 1. The Labute approximate surface area is 81.2 Å². The summed E-state index contributed by atoms with van der Waals surface area (Å²) in [7, 11) is 0. The topological polar surface area (TPSA) is 89.6 Å². The largest absolute Gasteiger partial charge is 0.392 e. The van der Waals surface area contributed by atoms with E-state index in [0.29, 0.717) is 19.3 Å². The molecule has 0 bridgehead atoms. The van der Waals surface area contributed by atoms with Crippen molar-refractivity contribution in [2.24, 2.45) is 23.7 Å². The van der Waals surface area contributed by atoms with E-state index >= 15 is 0 Å². The van der Waals surface area contributed by atoms with Gasteiger partial charge in [-0.05, 0) is 18.3 Å². The Morgan fingerprint density at radius 2 is 2.21 bits per heavy atom. The molecule has 4 unspecified atom stereocenters. The lowest BCUT2D eigenvalue weighted by atomic mass is 9.91. The molecule has 0 spiro atoms. The van der Waals surface area contributed by atoms with Gasteiger partial charge in [-0.2, -0.15) is 5.90 Å². The van der Waals surface area contributed by atoms with Gasteiger partial charge in [0.05, 0.1) is 12.0 Å². The minimum absolute atomic E-state index is 0.0615. The molecule has 0 aromatic heterocycles. The number of ketones is 1. The summed E-state index contributed by atoms with van der Waals surface area (Å²) in [6.45, 7) is 0. The third-order valence-corrected chi connectivity index (χ3v) is 3.37. The zero-order chi connectivity index (χ0) is 10.3. The van der Waals surface area contributed by atoms with E-state index in [1.54, 1.807) is 0 Å². The number of nitrogens with two attached hydrogens (primary N) is 1. The molecule has 78 valence electrons. The first-order valence-electron chi connectivity index (χ1n) is 4.74. The van der Waals surface area contributed by atoms with Crippen LogP contribution in [0, 0.1) is 17.8 Å². The fourth-order valence-electron chi connectivity index (χ4n) is 2.79. The lowest BCUT2D eigenvalue weighted by molar-refractivity contribution is -0.153. The number of hydrogen-bond donors (Lipinski definition) is 2. The van der Waals surface area contributed by atoms with Gasteiger partial charge in [0.1, 0.15) is 5.78 Å². The molecular formula is C9H13NO4. The van der Waals surface area contributed by atoms with E-state index in [-0.39, 0.29) is 17.6 Å². The smallest absolute Gasteiger partial charge is 0.330 e. The molecule has 0 aliphatic heterocycles. The van der Waals surface area contributed by atoms with Crippen LogP contribution in [0.1, 0.15) is 19.3 Å². The highest BCUT2D eigenvalue weighted by Crippen LogP contribution is 2.46. The highest BCUT2D eigenvalue weighted by atomic mass is 16.7. The lowest BCUT2D eigenvalue weighted by Crippen LogP contribution is -2.31. The van der Waals surface area contributed by atoms with Gasteiger partial charge in [-0.1, -0.05) is 0 Å². The SMILES string of the molecule is NOC(=O)C1C(O)CC2CC(=O)CC21. The summed E-state index contributed by atoms with van der Waals surface area (Å²) in [5.41, 5.74) is 0. The predicted octanol–water partition coefficient (Wildman–Crippen LogP) is -0.621. The maximum absolute atomic E-state index is 11.3. The molecule has 5 nitrogen and oxygen atoms in total. The van der Waals surface area contributed by atoms with Crippen molar-refractivity contribution in [2.75, 3.05) is 0 Å². The minimum atomic E-state index is -0.700. The van der Waals surface area contributed by atoms with E-state index in [2.05, 4.69) is 4.84 Å². The van der Waals surface area contributed by atoms with Gasteiger partial charge in [0.15, 0.2) is 0 Å². The summed E-state index contributed by atoms with van der Waals surface area (Å²) >= 11 is 0. The van der Waals surface area contributed by atoms with Crippen molar-refractivity contribution in [3.8, 4) is 0 Å². The van der Waals surface area contributed by atoms with E-state index in [1.807, 2.05) is 0 Å². The van der Waals surface area contributed by atoms with Crippen molar-refractivity contribution in [2.45, 2.75) is 25.4 Å². The fourth-order valence-corrected chi connectivity index (χ4v) is 2.79. The zero-order valence-corrected chi connectivity index (χ0v) is 7.68. The van der Waals surface area contributed by atoms with Gasteiger partial charge in [0.2, 0.25) is 0 Å². The molecule has 4 atom stereocenters. The van der Waals surface area contributed by atoms with Crippen molar-refractivity contribution in [3.63, 3.8) is 0 Å². The third-order valence-electron chi connectivity index (χ3n) is 3.37. The Morgan fingerprint density at radius 1 is 1.50 bits per heavy atom. The standard InChI is InChI=1S/C9H13NO4/c10-14-9(13)8-6-3-5(11)1-4(6)2-7(8)12/h4,6-8,12H,1-3,10H2. The van der Waals surface area contributed by atoms with Gasteiger partial charge in [-0.25, -0.2) is 4.79 Å². The molecule has 0 aromatic rings. The first kappa shape index (κ1) is 9.61. The molecule has 5 heteroatoms. The summed E-state index contributed by atoms with van der Waals surface area (Å²) in [6, 6.07) is 0. The number of carbonyl (C=O) groups excluding carboxylic acids is 2. The molecule has 2 aliphatic rings. The zero-order valence-electron chi connectivity index (χ0n) is 7.68. The Morgan fingerprint density at radius 3 is 2.86 bits per heavy atom. The molecular weight excluding hydrogens is 186 g/mol. The highest BCUT2D eigenvalue weighted by Gasteiger charge is 2.51. The van der Waals surface area contributed by atoms with E-state index in [1.165, 1.54) is 0 Å². The summed E-state index contributed by atoms with van der Waals surface area (Å²) in [5, 5.41) is 9.61. The lowest BCUT2D eigenvalue weighted by Gasteiger charge is -2.16. The number of hydrogen-bond acceptors (Lipinski definition) is 5. The first-order chi connectivity index (χ1) is 6.63. The van der Waals surface area contributed by atoms with Crippen LogP contribution in [0.25, 0.3) is 0 Å². The Hall–Kier alpha value is -0.940. The second-order valence-corrected chi connectivity index (χ2v) is 4.14. The average molecular weight is 199 g/mol. The second-order valence-electron chi connectivity index (χ2n) is 4.14. The van der Waals surface area contributed by atoms with E-state index < -0.39 is 18.0 Å². The van der Waals surface area contributed by atoms with Crippen molar-refractivity contribution in [3.05, 3.63) is 0 Å². The molecule has 0 saturated heterocycles. The van der Waals surface area contributed by atoms with Crippen molar-refractivity contribution >= 4 is 11.8 Å². The number of rotatable bonds is 1. The van der Waals surface area contributed by atoms with Crippen LogP contribution in [0.2, 0.25) is 0 Å². The molecule has 2 saturated carbocycles. The van der Waals surface area contributed by atoms with Gasteiger partial charge in [-0.15, -0.1) is 0 Å². The van der Waals surface area contributed by atoms with Crippen molar-refractivity contribution in [1.29, 1.82) is 0 Å². The molecule has 14 heavy (non-hydrogen) atoms. The van der Waals surface area contributed by atoms with Gasteiger partial charge >= 0.3 is 5.97 Å². The monoisotopic (exact) mass is 199 g/mol. The van der Waals surface area contributed by atoms with E-state index in [0.717, 1.165) is 0 Å². The maximum Gasteiger partial charge on any atom is 0.330 e. The summed E-state index contributed by atoms with van der Waals surface area (Å²) in [4.78, 5) is 26.5. The van der Waals surface area contributed by atoms with Gasteiger partial charge in [-0.3, -0.25) is 4.79 Å². The van der Waals surface area contributed by atoms with Crippen LogP contribution < -0.4 is 5.90 Å². The van der Waals surface area contributed by atoms with E-state index in [4.69, 9.17) is 5.90 Å². The first-order valence-corrected chi connectivity index (χ1v) is 4.74. The van der Waals surface area contributed by atoms with Crippen LogP contribution in [0.4, 0.5) is 0 Å². The quantitative estimate of drug-likeness (QED) is 0.549. The fraction of sp³-hybridized carbons (Fsp3) is 0.778. The predicted molar refractivity (Wildman–Crippen MR) is 45.6 cm³/mol. The maximum atomic E-state index is 11.3. The summed E-state index contributed by atoms with van der Waals surface area (Å²) in [6.07, 6.45) is 0.669. The van der Waals surface area contributed by atoms with Crippen LogP contribution in [0.5, 0.6) is 0 Å². The van der Waals surface area contributed by atoms with Crippen LogP contribution in [-0.2, 0) is 14.4 Å². The van der Waals surface area contributed by atoms with Gasteiger partial charge in [0, 0.05) is 12.8 Å². The molecule has 0 heterocycles. The van der Waals surface area contributed by atoms with Crippen LogP contribution in [0.3, 0.4) is 0 Å². The Bertz CT molecular complexity index is 278. The Kier molecular flexibility index (Phi) is 2.28. The normalized spacial score (nSPS) is 41.1. The van der Waals surface area contributed by atoms with Crippen LogP contribution >= 0.6 is 0 Å².